The van der Waals surface area contributed by atoms with Gasteiger partial charge in [0.25, 0.3) is 0 Å². The van der Waals surface area contributed by atoms with Crippen LogP contribution in [0.1, 0.15) is 46.5 Å². The van der Waals surface area contributed by atoms with Gasteiger partial charge in [-0.1, -0.05) is 32.9 Å². The van der Waals surface area contributed by atoms with Gasteiger partial charge in [0, 0.05) is 12.6 Å². The molecule has 0 radical (unpaired) electrons. The van der Waals surface area contributed by atoms with Crippen LogP contribution in [0.15, 0.2) is 12.2 Å². The largest absolute Gasteiger partial charge is 0.376 e. The maximum Gasteiger partial charge on any atom is 0.0757 e. The summed E-state index contributed by atoms with van der Waals surface area (Å²) in [6.07, 6.45) is 4.90. The summed E-state index contributed by atoms with van der Waals surface area (Å²) in [6, 6.07) is 0.463. The topological polar surface area (TPSA) is 21.3 Å². The van der Waals surface area contributed by atoms with E-state index in [9.17, 15) is 0 Å². The highest BCUT2D eigenvalue weighted by Gasteiger charge is 2.31. The van der Waals surface area contributed by atoms with Crippen molar-refractivity contribution in [3.63, 3.8) is 0 Å². The molecule has 0 aliphatic carbocycles. The molecule has 1 heterocycles. The average molecular weight is 225 g/mol. The Morgan fingerprint density at radius 3 is 2.75 bits per heavy atom. The van der Waals surface area contributed by atoms with Gasteiger partial charge in [-0.25, -0.2) is 0 Å². The highest BCUT2D eigenvalue weighted by molar-refractivity contribution is 5.00. The SMILES string of the molecule is C=C(CC)CC(NCCC)C1OCCC1C. The van der Waals surface area contributed by atoms with Crippen LogP contribution in [0, 0.1) is 5.92 Å². The second-order valence-electron chi connectivity index (χ2n) is 4.97. The molecule has 2 nitrogen and oxygen atoms in total. The first-order chi connectivity index (χ1) is 7.69. The fourth-order valence-corrected chi connectivity index (χ4v) is 2.32. The molecule has 0 saturated carbocycles. The molecule has 0 aromatic carbocycles. The highest BCUT2D eigenvalue weighted by Crippen LogP contribution is 2.26. The molecule has 0 aromatic rings. The summed E-state index contributed by atoms with van der Waals surface area (Å²) in [7, 11) is 0. The molecule has 1 aliphatic heterocycles. The zero-order valence-corrected chi connectivity index (χ0v) is 11.1. The lowest BCUT2D eigenvalue weighted by atomic mass is 9.92. The summed E-state index contributed by atoms with van der Waals surface area (Å²) in [5.74, 6) is 0.680. The lowest BCUT2D eigenvalue weighted by molar-refractivity contribution is 0.0609. The van der Waals surface area contributed by atoms with Crippen molar-refractivity contribution in [3.05, 3.63) is 12.2 Å². The summed E-state index contributed by atoms with van der Waals surface area (Å²) in [4.78, 5) is 0. The van der Waals surface area contributed by atoms with Gasteiger partial charge >= 0.3 is 0 Å². The van der Waals surface area contributed by atoms with E-state index < -0.39 is 0 Å². The van der Waals surface area contributed by atoms with Crippen molar-refractivity contribution < 1.29 is 4.74 Å². The Hall–Kier alpha value is -0.340. The van der Waals surface area contributed by atoms with Crippen LogP contribution in [-0.4, -0.2) is 25.3 Å². The number of nitrogens with one attached hydrogen (secondary N) is 1. The Bertz CT molecular complexity index is 215. The van der Waals surface area contributed by atoms with Gasteiger partial charge in [-0.15, -0.1) is 0 Å². The van der Waals surface area contributed by atoms with Crippen molar-refractivity contribution in [2.24, 2.45) is 5.92 Å². The summed E-state index contributed by atoms with van der Waals surface area (Å²) < 4.78 is 5.87. The molecule has 0 bridgehead atoms. The Labute approximate surface area is 100 Å². The molecule has 1 saturated heterocycles. The Morgan fingerprint density at radius 1 is 1.50 bits per heavy atom. The third kappa shape index (κ3) is 3.91. The van der Waals surface area contributed by atoms with Gasteiger partial charge in [-0.3, -0.25) is 0 Å². The van der Waals surface area contributed by atoms with Crippen LogP contribution in [0.3, 0.4) is 0 Å². The van der Waals surface area contributed by atoms with Crippen LogP contribution < -0.4 is 5.32 Å². The monoisotopic (exact) mass is 225 g/mol. The van der Waals surface area contributed by atoms with Crippen molar-refractivity contribution >= 4 is 0 Å². The third-order valence-corrected chi connectivity index (χ3v) is 3.51. The second kappa shape index (κ2) is 7.08. The summed E-state index contributed by atoms with van der Waals surface area (Å²) >= 11 is 0. The minimum Gasteiger partial charge on any atom is -0.376 e. The number of ether oxygens (including phenoxy) is 1. The molecular weight excluding hydrogens is 198 g/mol. The molecule has 1 aliphatic rings. The fraction of sp³-hybridized carbons (Fsp3) is 0.857. The van der Waals surface area contributed by atoms with Crippen molar-refractivity contribution in [2.75, 3.05) is 13.2 Å². The van der Waals surface area contributed by atoms with Gasteiger partial charge in [-0.05, 0) is 38.1 Å². The van der Waals surface area contributed by atoms with Gasteiger partial charge in [-0.2, -0.15) is 0 Å². The quantitative estimate of drug-likeness (QED) is 0.672. The van der Waals surface area contributed by atoms with E-state index in [1.165, 1.54) is 18.4 Å². The van der Waals surface area contributed by atoms with Gasteiger partial charge in [0.1, 0.15) is 0 Å². The fourth-order valence-electron chi connectivity index (χ4n) is 2.32. The Balaban J connectivity index is 2.51. The van der Waals surface area contributed by atoms with Crippen molar-refractivity contribution in [2.45, 2.75) is 58.6 Å². The molecule has 16 heavy (non-hydrogen) atoms. The van der Waals surface area contributed by atoms with Crippen molar-refractivity contribution in [1.82, 2.24) is 5.32 Å². The number of rotatable bonds is 7. The normalized spacial score (nSPS) is 26.9. The van der Waals surface area contributed by atoms with E-state index >= 15 is 0 Å². The molecule has 1 rings (SSSR count). The molecule has 3 atom stereocenters. The van der Waals surface area contributed by atoms with E-state index in [2.05, 4.69) is 32.7 Å². The smallest absolute Gasteiger partial charge is 0.0757 e. The zero-order chi connectivity index (χ0) is 12.0. The van der Waals surface area contributed by atoms with Crippen LogP contribution in [0.25, 0.3) is 0 Å². The lowest BCUT2D eigenvalue weighted by Gasteiger charge is -2.27. The van der Waals surface area contributed by atoms with Crippen LogP contribution in [0.5, 0.6) is 0 Å². The molecule has 0 aromatic heterocycles. The first-order valence-electron chi connectivity index (χ1n) is 6.70. The summed E-state index contributed by atoms with van der Waals surface area (Å²) in [5, 5.41) is 3.62. The lowest BCUT2D eigenvalue weighted by Crippen LogP contribution is -2.42. The summed E-state index contributed by atoms with van der Waals surface area (Å²) in [5.41, 5.74) is 1.33. The minimum atomic E-state index is 0.384. The first kappa shape index (κ1) is 13.7. The van der Waals surface area contributed by atoms with Crippen molar-refractivity contribution in [3.8, 4) is 0 Å². The van der Waals surface area contributed by atoms with E-state index in [1.807, 2.05) is 0 Å². The minimum absolute atomic E-state index is 0.384. The predicted octanol–water partition coefficient (Wildman–Crippen LogP) is 3.14. The first-order valence-corrected chi connectivity index (χ1v) is 6.70. The van der Waals surface area contributed by atoms with E-state index in [0.717, 1.165) is 26.0 Å². The molecule has 2 heteroatoms. The zero-order valence-electron chi connectivity index (χ0n) is 11.1. The highest BCUT2D eigenvalue weighted by atomic mass is 16.5. The van der Waals surface area contributed by atoms with Gasteiger partial charge in [0.2, 0.25) is 0 Å². The third-order valence-electron chi connectivity index (χ3n) is 3.51. The molecule has 0 spiro atoms. The molecule has 94 valence electrons. The maximum absolute atomic E-state index is 5.87. The Kier molecular flexibility index (Phi) is 6.07. The van der Waals surface area contributed by atoms with Crippen LogP contribution >= 0.6 is 0 Å². The van der Waals surface area contributed by atoms with E-state index in [-0.39, 0.29) is 0 Å². The van der Waals surface area contributed by atoms with E-state index in [4.69, 9.17) is 4.74 Å². The second-order valence-corrected chi connectivity index (χ2v) is 4.97. The summed E-state index contributed by atoms with van der Waals surface area (Å²) in [6.45, 7) is 12.8. The van der Waals surface area contributed by atoms with Crippen molar-refractivity contribution in [1.29, 1.82) is 0 Å². The average Bonchev–Trinajstić information content (AvgIpc) is 2.70. The van der Waals surface area contributed by atoms with Gasteiger partial charge in [0.05, 0.1) is 6.10 Å². The molecule has 3 unspecified atom stereocenters. The number of hydrogen-bond donors (Lipinski definition) is 1. The number of hydrogen-bond acceptors (Lipinski definition) is 2. The van der Waals surface area contributed by atoms with Crippen LogP contribution in [0.2, 0.25) is 0 Å². The van der Waals surface area contributed by atoms with Gasteiger partial charge < -0.3 is 10.1 Å². The predicted molar refractivity (Wildman–Crippen MR) is 69.7 cm³/mol. The maximum atomic E-state index is 5.87. The standard InChI is InChI=1S/C14H27NO/c1-5-8-15-13(10-11(3)6-2)14-12(4)7-9-16-14/h12-15H,3,5-10H2,1-2,4H3. The van der Waals surface area contributed by atoms with E-state index in [0.29, 0.717) is 18.1 Å². The molecule has 1 N–H and O–H groups in total. The van der Waals surface area contributed by atoms with E-state index in [1.54, 1.807) is 0 Å². The van der Waals surface area contributed by atoms with Crippen LogP contribution in [-0.2, 0) is 4.74 Å². The Morgan fingerprint density at radius 2 is 2.25 bits per heavy atom. The molecule has 1 fully saturated rings. The van der Waals surface area contributed by atoms with Crippen LogP contribution in [0.4, 0.5) is 0 Å². The molecular formula is C14H27NO. The van der Waals surface area contributed by atoms with Gasteiger partial charge in [0.15, 0.2) is 0 Å². The molecule has 0 amide bonds.